The first-order valence-corrected chi connectivity index (χ1v) is 10.1. The summed E-state index contributed by atoms with van der Waals surface area (Å²) >= 11 is 0. The summed E-state index contributed by atoms with van der Waals surface area (Å²) in [5.74, 6) is 0.0719. The predicted molar refractivity (Wildman–Crippen MR) is 111 cm³/mol. The largest absolute Gasteiger partial charge is 0.355 e. The molecule has 7 nitrogen and oxygen atoms in total. The molecule has 30 heavy (non-hydrogen) atoms. The van der Waals surface area contributed by atoms with Gasteiger partial charge in [0.05, 0.1) is 5.92 Å². The number of pyridine rings is 1. The van der Waals surface area contributed by atoms with E-state index < -0.39 is 0 Å². The number of carbonyl (C=O) groups is 2. The van der Waals surface area contributed by atoms with Gasteiger partial charge in [-0.2, -0.15) is 0 Å². The fraction of sp³-hybridized carbons (Fsp3) is 0.304. The highest BCUT2D eigenvalue weighted by Gasteiger charge is 2.30. The third-order valence-corrected chi connectivity index (χ3v) is 5.33. The van der Waals surface area contributed by atoms with Gasteiger partial charge in [-0.1, -0.05) is 41.1 Å². The van der Waals surface area contributed by atoms with Gasteiger partial charge in [0.2, 0.25) is 5.91 Å². The van der Waals surface area contributed by atoms with Gasteiger partial charge in [0.1, 0.15) is 0 Å². The smallest absolute Gasteiger partial charge is 0.276 e. The van der Waals surface area contributed by atoms with E-state index >= 15 is 0 Å². The first-order chi connectivity index (χ1) is 14.6. The molecule has 0 radical (unpaired) electrons. The quantitative estimate of drug-likeness (QED) is 0.705. The van der Waals surface area contributed by atoms with Crippen molar-refractivity contribution in [3.05, 3.63) is 71.7 Å². The number of hydrogen-bond acceptors (Lipinski definition) is 5. The first kappa shape index (κ1) is 19.8. The molecule has 1 unspecified atom stereocenters. The van der Waals surface area contributed by atoms with Crippen molar-refractivity contribution in [2.75, 3.05) is 13.1 Å². The minimum atomic E-state index is -0.233. The van der Waals surface area contributed by atoms with Crippen LogP contribution in [0.1, 0.15) is 34.5 Å². The van der Waals surface area contributed by atoms with E-state index in [0.29, 0.717) is 25.4 Å². The van der Waals surface area contributed by atoms with Gasteiger partial charge >= 0.3 is 0 Å². The summed E-state index contributed by atoms with van der Waals surface area (Å²) < 4.78 is 5.38. The molecule has 0 bridgehead atoms. The van der Waals surface area contributed by atoms with E-state index in [-0.39, 0.29) is 23.4 Å². The first-order valence-electron chi connectivity index (χ1n) is 10.1. The molecule has 2 amide bonds. The fourth-order valence-corrected chi connectivity index (χ4v) is 3.60. The van der Waals surface area contributed by atoms with E-state index in [1.165, 1.54) is 0 Å². The van der Waals surface area contributed by atoms with Gasteiger partial charge < -0.3 is 14.7 Å². The number of carbonyl (C=O) groups excluding carboxylic acids is 2. The van der Waals surface area contributed by atoms with Crippen LogP contribution in [0, 0.1) is 12.8 Å². The van der Waals surface area contributed by atoms with Crippen molar-refractivity contribution in [2.24, 2.45) is 5.92 Å². The SMILES string of the molecule is Cc1ccc(-c2cc(C(=O)N3CCCC(C(=O)NCc4cccnc4)C3)no2)cc1. The number of likely N-dealkylation sites (tertiary alicyclic amines) is 1. The molecule has 2 aromatic heterocycles. The molecule has 4 rings (SSSR count). The second-order valence-electron chi connectivity index (χ2n) is 7.61. The lowest BCUT2D eigenvalue weighted by atomic mass is 9.96. The Balaban J connectivity index is 1.37. The molecule has 1 atom stereocenters. The number of nitrogens with zero attached hydrogens (tertiary/aromatic N) is 3. The average molecular weight is 404 g/mol. The van der Waals surface area contributed by atoms with E-state index in [4.69, 9.17) is 4.52 Å². The van der Waals surface area contributed by atoms with Crippen molar-refractivity contribution in [3.8, 4) is 11.3 Å². The number of aromatic nitrogens is 2. The zero-order valence-electron chi connectivity index (χ0n) is 16.9. The predicted octanol–water partition coefficient (Wildman–Crippen LogP) is 3.21. The minimum Gasteiger partial charge on any atom is -0.355 e. The van der Waals surface area contributed by atoms with E-state index in [1.54, 1.807) is 23.4 Å². The summed E-state index contributed by atoms with van der Waals surface area (Å²) in [6.07, 6.45) is 4.97. The number of rotatable bonds is 5. The van der Waals surface area contributed by atoms with Crippen LogP contribution in [-0.2, 0) is 11.3 Å². The highest BCUT2D eigenvalue weighted by molar-refractivity contribution is 5.93. The fourth-order valence-electron chi connectivity index (χ4n) is 3.60. The second-order valence-corrected chi connectivity index (χ2v) is 7.61. The van der Waals surface area contributed by atoms with Gasteiger partial charge in [0.15, 0.2) is 11.5 Å². The monoisotopic (exact) mass is 404 g/mol. The van der Waals surface area contributed by atoms with E-state index in [1.807, 2.05) is 43.3 Å². The molecular weight excluding hydrogens is 380 g/mol. The molecule has 1 aliphatic rings. The Hall–Kier alpha value is -3.48. The minimum absolute atomic E-state index is 0.0446. The maximum Gasteiger partial charge on any atom is 0.276 e. The molecule has 0 aliphatic carbocycles. The normalized spacial score (nSPS) is 16.3. The van der Waals surface area contributed by atoms with Gasteiger partial charge in [-0.25, -0.2) is 0 Å². The van der Waals surface area contributed by atoms with E-state index in [0.717, 1.165) is 29.5 Å². The number of hydrogen-bond donors (Lipinski definition) is 1. The van der Waals surface area contributed by atoms with Crippen LogP contribution in [0.4, 0.5) is 0 Å². The Morgan fingerprint density at radius 1 is 1.23 bits per heavy atom. The Kier molecular flexibility index (Phi) is 5.88. The Bertz CT molecular complexity index is 1010. The molecule has 1 saturated heterocycles. The van der Waals surface area contributed by atoms with Gasteiger partial charge in [-0.05, 0) is 31.4 Å². The third-order valence-electron chi connectivity index (χ3n) is 5.33. The molecule has 154 valence electrons. The van der Waals surface area contributed by atoms with Crippen LogP contribution in [0.25, 0.3) is 11.3 Å². The van der Waals surface area contributed by atoms with Crippen molar-refractivity contribution < 1.29 is 14.1 Å². The molecule has 3 heterocycles. The number of aryl methyl sites for hydroxylation is 1. The van der Waals surface area contributed by atoms with Crippen molar-refractivity contribution in [1.82, 2.24) is 20.4 Å². The number of benzene rings is 1. The summed E-state index contributed by atoms with van der Waals surface area (Å²) in [6, 6.07) is 13.3. The standard InChI is InChI=1S/C23H24N4O3/c1-16-6-8-18(9-7-16)21-12-20(26-30-21)23(29)27-11-3-5-19(15-27)22(28)25-14-17-4-2-10-24-13-17/h2,4,6-10,12-13,19H,3,5,11,14-15H2,1H3,(H,25,28). The Labute approximate surface area is 175 Å². The lowest BCUT2D eigenvalue weighted by molar-refractivity contribution is -0.126. The molecule has 7 heteroatoms. The van der Waals surface area contributed by atoms with Crippen LogP contribution in [-0.4, -0.2) is 39.9 Å². The summed E-state index contributed by atoms with van der Waals surface area (Å²) in [7, 11) is 0. The Morgan fingerprint density at radius 2 is 2.07 bits per heavy atom. The van der Waals surface area contributed by atoms with Crippen molar-refractivity contribution in [3.63, 3.8) is 0 Å². The van der Waals surface area contributed by atoms with Crippen LogP contribution in [0.15, 0.2) is 59.4 Å². The van der Waals surface area contributed by atoms with Gasteiger partial charge in [-0.3, -0.25) is 14.6 Å². The summed E-state index contributed by atoms with van der Waals surface area (Å²) in [6.45, 7) is 3.43. The van der Waals surface area contributed by atoms with Crippen LogP contribution in [0.3, 0.4) is 0 Å². The molecular formula is C23H24N4O3. The molecule has 1 aromatic carbocycles. The van der Waals surface area contributed by atoms with E-state index in [2.05, 4.69) is 15.5 Å². The van der Waals surface area contributed by atoms with Gasteiger partial charge in [0, 0.05) is 43.7 Å². The maximum absolute atomic E-state index is 12.9. The Morgan fingerprint density at radius 3 is 2.83 bits per heavy atom. The average Bonchev–Trinajstić information content (AvgIpc) is 3.28. The van der Waals surface area contributed by atoms with Crippen LogP contribution >= 0.6 is 0 Å². The summed E-state index contributed by atoms with van der Waals surface area (Å²) in [5, 5.41) is 6.91. The molecule has 1 fully saturated rings. The van der Waals surface area contributed by atoms with Crippen molar-refractivity contribution in [2.45, 2.75) is 26.3 Å². The maximum atomic E-state index is 12.9. The van der Waals surface area contributed by atoms with Crippen LogP contribution in [0.5, 0.6) is 0 Å². The molecule has 1 N–H and O–H groups in total. The lowest BCUT2D eigenvalue weighted by Crippen LogP contribution is -2.45. The molecule has 0 saturated carbocycles. The van der Waals surface area contributed by atoms with Crippen molar-refractivity contribution >= 4 is 11.8 Å². The van der Waals surface area contributed by atoms with Crippen LogP contribution in [0.2, 0.25) is 0 Å². The molecule has 0 spiro atoms. The summed E-state index contributed by atoms with van der Waals surface area (Å²) in [4.78, 5) is 31.2. The highest BCUT2D eigenvalue weighted by atomic mass is 16.5. The lowest BCUT2D eigenvalue weighted by Gasteiger charge is -2.31. The van der Waals surface area contributed by atoms with Crippen molar-refractivity contribution in [1.29, 1.82) is 0 Å². The topological polar surface area (TPSA) is 88.3 Å². The van der Waals surface area contributed by atoms with Gasteiger partial charge in [0.25, 0.3) is 5.91 Å². The number of nitrogens with one attached hydrogen (secondary N) is 1. The third kappa shape index (κ3) is 4.56. The molecule has 1 aliphatic heterocycles. The number of amides is 2. The van der Waals surface area contributed by atoms with Gasteiger partial charge in [-0.15, -0.1) is 0 Å². The molecule has 3 aromatic rings. The zero-order chi connectivity index (χ0) is 20.9. The zero-order valence-corrected chi connectivity index (χ0v) is 16.9. The highest BCUT2D eigenvalue weighted by Crippen LogP contribution is 2.23. The van der Waals surface area contributed by atoms with E-state index in [9.17, 15) is 9.59 Å². The summed E-state index contributed by atoms with van der Waals surface area (Å²) in [5.41, 5.74) is 3.23. The number of piperidine rings is 1. The van der Waals surface area contributed by atoms with Crippen LogP contribution < -0.4 is 5.32 Å². The second kappa shape index (κ2) is 8.90.